The Bertz CT molecular complexity index is 415. The highest BCUT2D eigenvalue weighted by atomic mass is 19.1. The summed E-state index contributed by atoms with van der Waals surface area (Å²) in [6, 6.07) is 0.811. The van der Waals surface area contributed by atoms with Crippen molar-refractivity contribution < 1.29 is 27.4 Å². The Kier molecular flexibility index (Phi) is 3.65. The summed E-state index contributed by atoms with van der Waals surface area (Å²) in [6.45, 7) is 4.68. The lowest BCUT2D eigenvalue weighted by Gasteiger charge is -2.18. The van der Waals surface area contributed by atoms with Crippen molar-refractivity contribution in [2.24, 2.45) is 0 Å². The maximum absolute atomic E-state index is 13.1. The quantitative estimate of drug-likeness (QED) is 0.564. The van der Waals surface area contributed by atoms with Crippen LogP contribution in [0.5, 0.6) is 5.75 Å². The molecule has 0 unspecified atom stereocenters. The minimum absolute atomic E-state index is 0.406. The van der Waals surface area contributed by atoms with E-state index in [4.69, 9.17) is 4.74 Å². The molecule has 94 valence electrons. The van der Waals surface area contributed by atoms with E-state index in [0.717, 1.165) is 0 Å². The maximum Gasteiger partial charge on any atom is 0.514 e. The molecule has 1 aromatic carbocycles. The zero-order valence-corrected chi connectivity index (χ0v) is 9.51. The van der Waals surface area contributed by atoms with Gasteiger partial charge in [-0.3, -0.25) is 0 Å². The zero-order chi connectivity index (χ0) is 13.2. The molecule has 0 saturated carbocycles. The van der Waals surface area contributed by atoms with E-state index in [-0.39, 0.29) is 0 Å². The molecule has 0 fully saturated rings. The number of benzene rings is 1. The number of rotatable bonds is 1. The minimum atomic E-state index is -1.31. The van der Waals surface area contributed by atoms with Crippen LogP contribution >= 0.6 is 0 Å². The number of carbonyl (C=O) groups is 1. The fourth-order valence-corrected chi connectivity index (χ4v) is 0.981. The number of hydrogen-bond acceptors (Lipinski definition) is 3. The molecule has 0 aliphatic heterocycles. The van der Waals surface area contributed by atoms with Gasteiger partial charge in [-0.2, -0.15) is 0 Å². The summed E-state index contributed by atoms with van der Waals surface area (Å²) >= 11 is 0. The lowest BCUT2D eigenvalue weighted by atomic mass is 10.2. The first-order valence-corrected chi connectivity index (χ1v) is 4.74. The molecular formula is C11H11F3O3. The van der Waals surface area contributed by atoms with Gasteiger partial charge in [0, 0.05) is 12.1 Å². The summed E-state index contributed by atoms with van der Waals surface area (Å²) in [4.78, 5) is 11.1. The van der Waals surface area contributed by atoms with Crippen molar-refractivity contribution >= 4 is 6.16 Å². The fraction of sp³-hybridized carbons (Fsp3) is 0.364. The third kappa shape index (κ3) is 3.97. The average molecular weight is 248 g/mol. The molecule has 0 N–H and O–H groups in total. The van der Waals surface area contributed by atoms with Gasteiger partial charge in [0.05, 0.1) is 0 Å². The molecule has 0 radical (unpaired) electrons. The van der Waals surface area contributed by atoms with Gasteiger partial charge in [-0.05, 0) is 20.8 Å². The predicted molar refractivity (Wildman–Crippen MR) is 53.2 cm³/mol. The molecule has 0 aliphatic carbocycles. The number of hydrogen-bond donors (Lipinski definition) is 0. The number of halogens is 3. The van der Waals surface area contributed by atoms with Crippen LogP contribution in [0.3, 0.4) is 0 Å². The van der Waals surface area contributed by atoms with E-state index >= 15 is 0 Å². The summed E-state index contributed by atoms with van der Waals surface area (Å²) in [5.74, 6) is -4.71. The third-order valence-corrected chi connectivity index (χ3v) is 1.54. The lowest BCUT2D eigenvalue weighted by molar-refractivity contribution is 0.0189. The molecule has 0 aliphatic rings. The van der Waals surface area contributed by atoms with Gasteiger partial charge < -0.3 is 9.47 Å². The lowest BCUT2D eigenvalue weighted by Crippen LogP contribution is -2.26. The second-order valence-electron chi connectivity index (χ2n) is 4.27. The second-order valence-corrected chi connectivity index (χ2v) is 4.27. The molecule has 17 heavy (non-hydrogen) atoms. The summed E-state index contributed by atoms with van der Waals surface area (Å²) in [5, 5.41) is 0. The van der Waals surface area contributed by atoms with Gasteiger partial charge in [0.15, 0.2) is 11.6 Å². The van der Waals surface area contributed by atoms with Crippen LogP contribution < -0.4 is 4.74 Å². The van der Waals surface area contributed by atoms with Crippen LogP contribution in [-0.2, 0) is 4.74 Å². The van der Waals surface area contributed by atoms with Crippen molar-refractivity contribution in [3.8, 4) is 5.75 Å². The Morgan fingerprint density at radius 3 is 2.00 bits per heavy atom. The van der Waals surface area contributed by atoms with E-state index in [1.54, 1.807) is 20.8 Å². The largest absolute Gasteiger partial charge is 0.514 e. The highest BCUT2D eigenvalue weighted by Gasteiger charge is 2.22. The summed E-state index contributed by atoms with van der Waals surface area (Å²) < 4.78 is 47.8. The first kappa shape index (κ1) is 13.3. The topological polar surface area (TPSA) is 35.5 Å². The zero-order valence-electron chi connectivity index (χ0n) is 9.51. The molecule has 0 spiro atoms. The van der Waals surface area contributed by atoms with Gasteiger partial charge in [-0.25, -0.2) is 18.0 Å². The fourth-order valence-electron chi connectivity index (χ4n) is 0.981. The molecular weight excluding hydrogens is 237 g/mol. The van der Waals surface area contributed by atoms with Gasteiger partial charge in [-0.15, -0.1) is 0 Å². The predicted octanol–water partition coefficient (Wildman–Crippen LogP) is 3.42. The van der Waals surface area contributed by atoms with Crippen LogP contribution in [0.4, 0.5) is 18.0 Å². The van der Waals surface area contributed by atoms with Gasteiger partial charge in [0.25, 0.3) is 0 Å². The van der Waals surface area contributed by atoms with Crippen LogP contribution in [0, 0.1) is 17.5 Å². The van der Waals surface area contributed by atoms with E-state index in [9.17, 15) is 18.0 Å². The number of ether oxygens (including phenoxy) is 2. The van der Waals surface area contributed by atoms with Crippen molar-refractivity contribution in [1.29, 1.82) is 0 Å². The van der Waals surface area contributed by atoms with Gasteiger partial charge in [-0.1, -0.05) is 0 Å². The molecule has 1 rings (SSSR count). The van der Waals surface area contributed by atoms with E-state index in [1.807, 2.05) is 0 Å². The molecule has 0 saturated heterocycles. The normalized spacial score (nSPS) is 11.2. The van der Waals surface area contributed by atoms with Crippen LogP contribution in [0.15, 0.2) is 12.1 Å². The highest BCUT2D eigenvalue weighted by molar-refractivity contribution is 5.64. The molecule has 0 heterocycles. The van der Waals surface area contributed by atoms with Gasteiger partial charge in [0.2, 0.25) is 5.75 Å². The van der Waals surface area contributed by atoms with Gasteiger partial charge >= 0.3 is 6.16 Å². The molecule has 0 atom stereocenters. The van der Waals surface area contributed by atoms with Gasteiger partial charge in [0.1, 0.15) is 11.4 Å². The molecule has 0 bridgehead atoms. The second kappa shape index (κ2) is 4.65. The maximum atomic E-state index is 13.1. The molecule has 0 aromatic heterocycles. The van der Waals surface area contributed by atoms with E-state index in [0.29, 0.717) is 12.1 Å². The van der Waals surface area contributed by atoms with Crippen molar-refractivity contribution in [2.75, 3.05) is 0 Å². The Morgan fingerprint density at radius 2 is 1.59 bits per heavy atom. The van der Waals surface area contributed by atoms with Crippen LogP contribution in [-0.4, -0.2) is 11.8 Å². The molecule has 1 aromatic rings. The number of carbonyl (C=O) groups excluding carboxylic acids is 1. The Labute approximate surface area is 96.1 Å². The SMILES string of the molecule is CC(C)(C)OC(=O)Oc1c(F)cc(F)cc1F. The van der Waals surface area contributed by atoms with E-state index < -0.39 is 35.0 Å². The summed E-state index contributed by atoms with van der Waals surface area (Å²) in [6.07, 6.45) is -1.26. The molecule has 6 heteroatoms. The van der Waals surface area contributed by atoms with Crippen LogP contribution in [0.2, 0.25) is 0 Å². The smallest absolute Gasteiger partial charge is 0.428 e. The standard InChI is InChI=1S/C11H11F3O3/c1-11(2,3)17-10(15)16-9-7(13)4-6(12)5-8(9)14/h4-5H,1-3H3. The molecule has 0 amide bonds. The van der Waals surface area contributed by atoms with Crippen LogP contribution in [0.1, 0.15) is 20.8 Å². The van der Waals surface area contributed by atoms with Crippen molar-refractivity contribution in [1.82, 2.24) is 0 Å². The first-order chi connectivity index (χ1) is 7.69. The van der Waals surface area contributed by atoms with Crippen molar-refractivity contribution in [3.63, 3.8) is 0 Å². The Morgan fingerprint density at radius 1 is 1.12 bits per heavy atom. The average Bonchev–Trinajstić information content (AvgIpc) is 2.08. The van der Waals surface area contributed by atoms with E-state index in [1.165, 1.54) is 0 Å². The minimum Gasteiger partial charge on any atom is -0.428 e. The third-order valence-electron chi connectivity index (χ3n) is 1.54. The first-order valence-electron chi connectivity index (χ1n) is 4.74. The summed E-state index contributed by atoms with van der Waals surface area (Å²) in [7, 11) is 0. The summed E-state index contributed by atoms with van der Waals surface area (Å²) in [5.41, 5.74) is -0.857. The van der Waals surface area contributed by atoms with Crippen molar-refractivity contribution in [3.05, 3.63) is 29.6 Å². The van der Waals surface area contributed by atoms with E-state index in [2.05, 4.69) is 4.74 Å². The Balaban J connectivity index is 2.86. The molecule has 3 nitrogen and oxygen atoms in total. The van der Waals surface area contributed by atoms with Crippen LogP contribution in [0.25, 0.3) is 0 Å². The Hall–Kier alpha value is -1.72. The van der Waals surface area contributed by atoms with Crippen molar-refractivity contribution in [2.45, 2.75) is 26.4 Å². The monoisotopic (exact) mass is 248 g/mol. The highest BCUT2D eigenvalue weighted by Crippen LogP contribution is 2.23.